The number of rotatable bonds is 5. The van der Waals surface area contributed by atoms with E-state index in [0.717, 1.165) is 11.3 Å². The third-order valence-electron chi connectivity index (χ3n) is 3.12. The van der Waals surface area contributed by atoms with E-state index in [1.165, 1.54) is 5.38 Å². The Balaban J connectivity index is 1.76. The molecule has 1 aliphatic heterocycles. The van der Waals surface area contributed by atoms with Crippen LogP contribution in [0.3, 0.4) is 0 Å². The van der Waals surface area contributed by atoms with E-state index in [1.54, 1.807) is 0 Å². The maximum atomic E-state index is 11.6. The second kappa shape index (κ2) is 6.39. The van der Waals surface area contributed by atoms with Gasteiger partial charge in [0.1, 0.15) is 5.01 Å². The van der Waals surface area contributed by atoms with Gasteiger partial charge in [-0.05, 0) is 12.8 Å². The fraction of sp³-hybridized carbons (Fsp3) is 0.545. The summed E-state index contributed by atoms with van der Waals surface area (Å²) in [5, 5.41) is 15.1. The first kappa shape index (κ1) is 15.7. The fourth-order valence-corrected chi connectivity index (χ4v) is 4.48. The van der Waals surface area contributed by atoms with Gasteiger partial charge in [-0.1, -0.05) is 0 Å². The third kappa shape index (κ3) is 4.14. The Morgan fingerprint density at radius 1 is 1.43 bits per heavy atom. The number of hydrogen-bond acceptors (Lipinski definition) is 6. The predicted octanol–water partition coefficient (Wildman–Crippen LogP) is 0.218. The first-order chi connectivity index (χ1) is 9.88. The summed E-state index contributed by atoms with van der Waals surface area (Å²) >= 11 is 1.13. The average Bonchev–Trinajstić information content (AvgIpc) is 3.00. The summed E-state index contributed by atoms with van der Waals surface area (Å²) in [7, 11) is -3.07. The number of aromatic carboxylic acids is 1. The minimum absolute atomic E-state index is 0.0609. The summed E-state index contributed by atoms with van der Waals surface area (Å²) in [6, 6.07) is -0.496. The molecule has 1 aliphatic rings. The number of hydrogen-bond donors (Lipinski definition) is 3. The summed E-state index contributed by atoms with van der Waals surface area (Å²) in [6.07, 6.45) is 1.20. The zero-order valence-electron chi connectivity index (χ0n) is 11.0. The number of carboxylic acid groups (broad SMARTS) is 1. The molecule has 1 saturated heterocycles. The monoisotopic (exact) mass is 333 g/mol. The van der Waals surface area contributed by atoms with Gasteiger partial charge in [-0.25, -0.2) is 23.0 Å². The standard InChI is InChI=1S/C11H15N3O5S2/c15-10(16)8-6-20-9(14-8)5-13-11(17)12-4-7-2-1-3-21(7,18)19/h6-7H,1-5H2,(H,15,16)(H2,12,13,17). The van der Waals surface area contributed by atoms with Crippen LogP contribution in [0.2, 0.25) is 0 Å². The number of nitrogens with one attached hydrogen (secondary N) is 2. The number of carboxylic acids is 1. The first-order valence-corrected chi connectivity index (χ1v) is 8.89. The van der Waals surface area contributed by atoms with E-state index in [9.17, 15) is 18.0 Å². The van der Waals surface area contributed by atoms with Crippen LogP contribution in [0.15, 0.2) is 5.38 Å². The van der Waals surface area contributed by atoms with Crippen LogP contribution >= 0.6 is 11.3 Å². The maximum absolute atomic E-state index is 11.6. The van der Waals surface area contributed by atoms with Gasteiger partial charge in [0, 0.05) is 11.9 Å². The molecular formula is C11H15N3O5S2. The van der Waals surface area contributed by atoms with Crippen LogP contribution in [-0.4, -0.2) is 48.1 Å². The Labute approximate surface area is 125 Å². The summed E-state index contributed by atoms with van der Waals surface area (Å²) in [5.41, 5.74) is -0.0609. The molecule has 0 saturated carbocycles. The molecule has 0 aliphatic carbocycles. The SMILES string of the molecule is O=C(NCc1nc(C(=O)O)cs1)NCC1CCCS1(=O)=O. The van der Waals surface area contributed by atoms with E-state index in [-0.39, 0.29) is 24.5 Å². The molecule has 0 aromatic carbocycles. The van der Waals surface area contributed by atoms with Crippen LogP contribution in [0, 0.1) is 0 Å². The Bertz CT molecular complexity index is 640. The Morgan fingerprint density at radius 2 is 2.19 bits per heavy atom. The second-order valence-corrected chi connectivity index (χ2v) is 7.97. The number of carbonyl (C=O) groups is 2. The quantitative estimate of drug-likeness (QED) is 0.707. The molecule has 2 heterocycles. The average molecular weight is 333 g/mol. The lowest BCUT2D eigenvalue weighted by molar-refractivity contribution is 0.0691. The molecule has 10 heteroatoms. The Hall–Kier alpha value is -1.68. The third-order valence-corrected chi connectivity index (χ3v) is 6.25. The number of sulfone groups is 1. The molecule has 3 N–H and O–H groups in total. The highest BCUT2D eigenvalue weighted by molar-refractivity contribution is 7.92. The molecular weight excluding hydrogens is 318 g/mol. The molecule has 0 spiro atoms. The molecule has 1 aromatic rings. The highest BCUT2D eigenvalue weighted by Gasteiger charge is 2.31. The van der Waals surface area contributed by atoms with Crippen molar-refractivity contribution in [3.63, 3.8) is 0 Å². The van der Waals surface area contributed by atoms with Crippen molar-refractivity contribution in [1.29, 1.82) is 0 Å². The number of urea groups is 1. The van der Waals surface area contributed by atoms with Crippen molar-refractivity contribution in [1.82, 2.24) is 15.6 Å². The van der Waals surface area contributed by atoms with Crippen LogP contribution in [0.1, 0.15) is 28.3 Å². The largest absolute Gasteiger partial charge is 0.476 e. The van der Waals surface area contributed by atoms with Gasteiger partial charge < -0.3 is 15.7 Å². The van der Waals surface area contributed by atoms with E-state index in [2.05, 4.69) is 15.6 Å². The van der Waals surface area contributed by atoms with Gasteiger partial charge in [0.05, 0.1) is 17.5 Å². The molecule has 1 atom stereocenters. The number of nitrogens with zero attached hydrogens (tertiary/aromatic N) is 1. The molecule has 21 heavy (non-hydrogen) atoms. The first-order valence-electron chi connectivity index (χ1n) is 6.29. The number of amides is 2. The lowest BCUT2D eigenvalue weighted by Gasteiger charge is -2.11. The highest BCUT2D eigenvalue weighted by atomic mass is 32.2. The smallest absolute Gasteiger partial charge is 0.355 e. The van der Waals surface area contributed by atoms with Gasteiger partial charge in [-0.2, -0.15) is 0 Å². The molecule has 1 aromatic heterocycles. The molecule has 1 fully saturated rings. The number of aromatic nitrogens is 1. The predicted molar refractivity (Wildman–Crippen MR) is 76.1 cm³/mol. The van der Waals surface area contributed by atoms with E-state index in [1.807, 2.05) is 0 Å². The van der Waals surface area contributed by atoms with Crippen molar-refractivity contribution in [2.75, 3.05) is 12.3 Å². The van der Waals surface area contributed by atoms with Gasteiger partial charge in [-0.3, -0.25) is 0 Å². The molecule has 8 nitrogen and oxygen atoms in total. The van der Waals surface area contributed by atoms with Gasteiger partial charge >= 0.3 is 12.0 Å². The van der Waals surface area contributed by atoms with Gasteiger partial charge in [-0.15, -0.1) is 11.3 Å². The molecule has 0 radical (unpaired) electrons. The summed E-state index contributed by atoms with van der Waals surface area (Å²) in [6.45, 7) is 0.188. The molecule has 1 unspecified atom stereocenters. The summed E-state index contributed by atoms with van der Waals surface area (Å²) in [5.74, 6) is -0.939. The zero-order valence-corrected chi connectivity index (χ0v) is 12.7. The number of carbonyl (C=O) groups excluding carboxylic acids is 1. The van der Waals surface area contributed by atoms with Crippen LogP contribution in [0.25, 0.3) is 0 Å². The molecule has 0 bridgehead atoms. The topological polar surface area (TPSA) is 125 Å². The van der Waals surface area contributed by atoms with Gasteiger partial charge in [0.2, 0.25) is 0 Å². The van der Waals surface area contributed by atoms with Crippen molar-refractivity contribution < 1.29 is 23.1 Å². The lowest BCUT2D eigenvalue weighted by Crippen LogP contribution is -2.40. The second-order valence-electron chi connectivity index (χ2n) is 4.63. The van der Waals surface area contributed by atoms with E-state index >= 15 is 0 Å². The molecule has 2 amide bonds. The Morgan fingerprint density at radius 3 is 2.76 bits per heavy atom. The van der Waals surface area contributed by atoms with E-state index in [0.29, 0.717) is 17.8 Å². The van der Waals surface area contributed by atoms with Gasteiger partial charge in [0.25, 0.3) is 0 Å². The normalized spacial score (nSPS) is 20.1. The van der Waals surface area contributed by atoms with Crippen LogP contribution in [0.5, 0.6) is 0 Å². The van der Waals surface area contributed by atoms with Crippen molar-refractivity contribution in [3.8, 4) is 0 Å². The molecule has 116 valence electrons. The van der Waals surface area contributed by atoms with Crippen molar-refractivity contribution in [2.45, 2.75) is 24.6 Å². The lowest BCUT2D eigenvalue weighted by atomic mass is 10.2. The summed E-state index contributed by atoms with van der Waals surface area (Å²) in [4.78, 5) is 26.0. The Kier molecular flexibility index (Phi) is 4.78. The van der Waals surface area contributed by atoms with Gasteiger partial charge in [0.15, 0.2) is 15.5 Å². The number of thiazole rings is 1. The zero-order chi connectivity index (χ0) is 15.5. The highest BCUT2D eigenvalue weighted by Crippen LogP contribution is 2.18. The maximum Gasteiger partial charge on any atom is 0.355 e. The fourth-order valence-electron chi connectivity index (χ4n) is 2.00. The van der Waals surface area contributed by atoms with Crippen LogP contribution < -0.4 is 10.6 Å². The minimum atomic E-state index is -3.07. The van der Waals surface area contributed by atoms with E-state index in [4.69, 9.17) is 5.11 Å². The van der Waals surface area contributed by atoms with Crippen molar-refractivity contribution >= 4 is 33.2 Å². The van der Waals surface area contributed by atoms with Crippen molar-refractivity contribution in [3.05, 3.63) is 16.1 Å². The summed E-state index contributed by atoms with van der Waals surface area (Å²) < 4.78 is 23.2. The van der Waals surface area contributed by atoms with Crippen molar-refractivity contribution in [2.24, 2.45) is 0 Å². The van der Waals surface area contributed by atoms with Crippen LogP contribution in [0.4, 0.5) is 4.79 Å². The van der Waals surface area contributed by atoms with E-state index < -0.39 is 27.1 Å². The molecule has 2 rings (SSSR count). The van der Waals surface area contributed by atoms with Crippen LogP contribution in [-0.2, 0) is 16.4 Å². The minimum Gasteiger partial charge on any atom is -0.476 e.